The van der Waals surface area contributed by atoms with E-state index in [0.29, 0.717) is 12.4 Å². The van der Waals surface area contributed by atoms with Crippen molar-refractivity contribution >= 4 is 22.4 Å². The zero-order chi connectivity index (χ0) is 18.5. The summed E-state index contributed by atoms with van der Waals surface area (Å²) in [6, 6.07) is 18.0. The zero-order valence-corrected chi connectivity index (χ0v) is 15.2. The fourth-order valence-electron chi connectivity index (χ4n) is 3.85. The predicted molar refractivity (Wildman–Crippen MR) is 106 cm³/mol. The average Bonchev–Trinajstić information content (AvgIpc) is 3.22. The summed E-state index contributed by atoms with van der Waals surface area (Å²) in [7, 11) is 0. The summed E-state index contributed by atoms with van der Waals surface area (Å²) in [5.74, 6) is 0.600. The van der Waals surface area contributed by atoms with Crippen molar-refractivity contribution in [3.63, 3.8) is 0 Å². The van der Waals surface area contributed by atoms with E-state index in [2.05, 4.69) is 18.0 Å². The van der Waals surface area contributed by atoms with Crippen molar-refractivity contribution in [2.24, 2.45) is 0 Å². The van der Waals surface area contributed by atoms with Crippen molar-refractivity contribution < 1.29 is 9.21 Å². The summed E-state index contributed by atoms with van der Waals surface area (Å²) in [5, 5.41) is 2.10. The SMILES string of the molecule is Cc1ccc(-c2nc(CN3C(=O)c4cccc5cccc3c45)co2)c(C)c1. The molecule has 27 heavy (non-hydrogen) atoms. The molecule has 2 heterocycles. The standard InChI is InChI=1S/C23H18N2O2/c1-14-9-10-18(15(2)11-14)22-24-17(13-27-22)12-25-20-8-4-6-16-5-3-7-19(21(16)20)23(25)26/h3-11,13H,12H2,1-2H3. The van der Waals surface area contributed by atoms with E-state index < -0.39 is 0 Å². The molecule has 0 fully saturated rings. The molecule has 0 spiro atoms. The summed E-state index contributed by atoms with van der Waals surface area (Å²) < 4.78 is 5.72. The van der Waals surface area contributed by atoms with Crippen LogP contribution in [0.15, 0.2) is 65.3 Å². The fourth-order valence-corrected chi connectivity index (χ4v) is 3.85. The molecule has 3 aromatic carbocycles. The third-order valence-electron chi connectivity index (χ3n) is 5.13. The average molecular weight is 354 g/mol. The Morgan fingerprint density at radius 1 is 1.00 bits per heavy atom. The van der Waals surface area contributed by atoms with Crippen molar-refractivity contribution in [2.75, 3.05) is 4.90 Å². The topological polar surface area (TPSA) is 46.3 Å². The molecule has 0 saturated heterocycles. The van der Waals surface area contributed by atoms with Crippen LogP contribution in [-0.4, -0.2) is 10.9 Å². The van der Waals surface area contributed by atoms with Gasteiger partial charge in [-0.1, -0.05) is 42.0 Å². The molecule has 1 aliphatic heterocycles. The number of amides is 1. The molecule has 5 rings (SSSR count). The molecule has 132 valence electrons. The summed E-state index contributed by atoms with van der Waals surface area (Å²) in [6.45, 7) is 4.50. The molecule has 1 amide bonds. The van der Waals surface area contributed by atoms with E-state index in [0.717, 1.165) is 38.8 Å². The molecule has 0 atom stereocenters. The van der Waals surface area contributed by atoms with Gasteiger partial charge in [0, 0.05) is 16.5 Å². The highest BCUT2D eigenvalue weighted by molar-refractivity contribution is 6.24. The molecule has 4 aromatic rings. The van der Waals surface area contributed by atoms with Crippen molar-refractivity contribution in [3.8, 4) is 11.5 Å². The number of aryl methyl sites for hydroxylation is 2. The van der Waals surface area contributed by atoms with Crippen LogP contribution in [0.2, 0.25) is 0 Å². The third-order valence-corrected chi connectivity index (χ3v) is 5.13. The van der Waals surface area contributed by atoms with Gasteiger partial charge in [0.15, 0.2) is 0 Å². The van der Waals surface area contributed by atoms with Crippen molar-refractivity contribution in [1.29, 1.82) is 0 Å². The van der Waals surface area contributed by atoms with E-state index in [-0.39, 0.29) is 5.91 Å². The normalized spacial score (nSPS) is 13.0. The Hall–Kier alpha value is -3.40. The van der Waals surface area contributed by atoms with Crippen molar-refractivity contribution in [1.82, 2.24) is 4.98 Å². The molecule has 4 heteroatoms. The number of anilines is 1. The van der Waals surface area contributed by atoms with Crippen LogP contribution in [0.25, 0.3) is 22.2 Å². The van der Waals surface area contributed by atoms with Gasteiger partial charge in [-0.25, -0.2) is 4.98 Å². The highest BCUT2D eigenvalue weighted by Gasteiger charge is 2.30. The maximum absolute atomic E-state index is 12.9. The molecule has 4 nitrogen and oxygen atoms in total. The van der Waals surface area contributed by atoms with Crippen LogP contribution in [0.3, 0.4) is 0 Å². The highest BCUT2D eigenvalue weighted by atomic mass is 16.3. The summed E-state index contributed by atoms with van der Waals surface area (Å²) in [6.07, 6.45) is 1.64. The van der Waals surface area contributed by atoms with E-state index in [9.17, 15) is 4.79 Å². The largest absolute Gasteiger partial charge is 0.444 e. The number of hydrogen-bond donors (Lipinski definition) is 0. The van der Waals surface area contributed by atoms with E-state index >= 15 is 0 Å². The Labute approximate surface area is 157 Å². The van der Waals surface area contributed by atoms with Crippen LogP contribution >= 0.6 is 0 Å². The minimum atomic E-state index is 0.0119. The van der Waals surface area contributed by atoms with E-state index in [4.69, 9.17) is 4.42 Å². The van der Waals surface area contributed by atoms with Gasteiger partial charge in [-0.15, -0.1) is 0 Å². The third kappa shape index (κ3) is 2.45. The quantitative estimate of drug-likeness (QED) is 0.503. The predicted octanol–water partition coefficient (Wildman–Crippen LogP) is 5.27. The molecule has 0 saturated carbocycles. The molecule has 0 unspecified atom stereocenters. The monoisotopic (exact) mass is 354 g/mol. The molecule has 0 radical (unpaired) electrons. The molecular weight excluding hydrogens is 336 g/mol. The van der Waals surface area contributed by atoms with Crippen molar-refractivity contribution in [3.05, 3.63) is 83.2 Å². The highest BCUT2D eigenvalue weighted by Crippen LogP contribution is 2.38. The molecule has 0 bridgehead atoms. The lowest BCUT2D eigenvalue weighted by molar-refractivity contribution is 0.0991. The van der Waals surface area contributed by atoms with Gasteiger partial charge >= 0.3 is 0 Å². The van der Waals surface area contributed by atoms with Gasteiger partial charge in [-0.2, -0.15) is 0 Å². The maximum Gasteiger partial charge on any atom is 0.259 e. The molecule has 0 N–H and O–H groups in total. The lowest BCUT2D eigenvalue weighted by atomic mass is 10.1. The van der Waals surface area contributed by atoms with Gasteiger partial charge in [0.05, 0.1) is 17.9 Å². The summed E-state index contributed by atoms with van der Waals surface area (Å²) >= 11 is 0. The first-order valence-corrected chi connectivity index (χ1v) is 8.97. The first kappa shape index (κ1) is 15.8. The van der Waals surface area contributed by atoms with Gasteiger partial charge in [-0.3, -0.25) is 4.79 Å². The van der Waals surface area contributed by atoms with Gasteiger partial charge in [0.2, 0.25) is 5.89 Å². The lowest BCUT2D eigenvalue weighted by Crippen LogP contribution is -2.26. The van der Waals surface area contributed by atoms with Gasteiger partial charge < -0.3 is 9.32 Å². The second-order valence-electron chi connectivity index (χ2n) is 7.03. The van der Waals surface area contributed by atoms with Crippen LogP contribution in [-0.2, 0) is 6.54 Å². The van der Waals surface area contributed by atoms with Crippen LogP contribution < -0.4 is 4.90 Å². The van der Waals surface area contributed by atoms with E-state index in [1.54, 1.807) is 11.2 Å². The van der Waals surface area contributed by atoms with Crippen LogP contribution in [0, 0.1) is 13.8 Å². The number of hydrogen-bond acceptors (Lipinski definition) is 3. The number of rotatable bonds is 3. The Morgan fingerprint density at radius 3 is 2.63 bits per heavy atom. The minimum Gasteiger partial charge on any atom is -0.444 e. The molecular formula is C23H18N2O2. The Kier molecular flexibility index (Phi) is 3.41. The number of oxazole rings is 1. The minimum absolute atomic E-state index is 0.0119. The maximum atomic E-state index is 12.9. The number of benzene rings is 3. The molecule has 0 aliphatic carbocycles. The Bertz CT molecular complexity index is 1200. The van der Waals surface area contributed by atoms with Gasteiger partial charge in [0.25, 0.3) is 5.91 Å². The first-order chi connectivity index (χ1) is 13.1. The van der Waals surface area contributed by atoms with Crippen molar-refractivity contribution in [2.45, 2.75) is 20.4 Å². The Balaban J connectivity index is 1.50. The van der Waals surface area contributed by atoms with Crippen LogP contribution in [0.4, 0.5) is 5.69 Å². The van der Waals surface area contributed by atoms with Gasteiger partial charge in [0.1, 0.15) is 6.26 Å². The second kappa shape index (κ2) is 5.81. The molecule has 1 aliphatic rings. The van der Waals surface area contributed by atoms with E-state index in [1.165, 1.54) is 5.56 Å². The summed E-state index contributed by atoms with van der Waals surface area (Å²) in [5.41, 5.74) is 5.73. The number of nitrogens with zero attached hydrogens (tertiary/aromatic N) is 2. The van der Waals surface area contributed by atoms with E-state index in [1.807, 2.05) is 55.5 Å². The molecule has 1 aromatic heterocycles. The second-order valence-corrected chi connectivity index (χ2v) is 7.03. The number of carbonyl (C=O) groups excluding carboxylic acids is 1. The van der Waals surface area contributed by atoms with Crippen LogP contribution in [0.5, 0.6) is 0 Å². The number of carbonyl (C=O) groups is 1. The smallest absolute Gasteiger partial charge is 0.259 e. The Morgan fingerprint density at radius 2 is 1.81 bits per heavy atom. The first-order valence-electron chi connectivity index (χ1n) is 8.97. The lowest BCUT2D eigenvalue weighted by Gasteiger charge is -2.15. The summed E-state index contributed by atoms with van der Waals surface area (Å²) in [4.78, 5) is 19.3. The fraction of sp³-hybridized carbons (Fsp3) is 0.130. The van der Waals surface area contributed by atoms with Gasteiger partial charge in [-0.05, 0) is 43.0 Å². The van der Waals surface area contributed by atoms with Crippen LogP contribution in [0.1, 0.15) is 27.2 Å². The number of aromatic nitrogens is 1. The zero-order valence-electron chi connectivity index (χ0n) is 15.2.